The molecule has 2 aliphatic rings. The normalized spacial score (nSPS) is 21.8. The van der Waals surface area contributed by atoms with Gasteiger partial charge in [-0.05, 0) is 57.9 Å². The van der Waals surface area contributed by atoms with Gasteiger partial charge in [-0.3, -0.25) is 9.78 Å². The summed E-state index contributed by atoms with van der Waals surface area (Å²) in [6, 6.07) is 5.76. The number of amides is 1. The number of piperidine rings is 1. The van der Waals surface area contributed by atoms with E-state index in [0.717, 1.165) is 6.07 Å². The number of ketones is 1. The molecule has 2 saturated heterocycles. The van der Waals surface area contributed by atoms with E-state index in [9.17, 15) is 27.2 Å². The number of hydrogen-bond donors (Lipinski definition) is 0. The van der Waals surface area contributed by atoms with E-state index in [-0.39, 0.29) is 36.7 Å². The van der Waals surface area contributed by atoms with Crippen LogP contribution in [0.5, 0.6) is 0 Å². The second kappa shape index (κ2) is 9.86. The van der Waals surface area contributed by atoms with Gasteiger partial charge in [0.1, 0.15) is 17.6 Å². The molecule has 196 valence electrons. The summed E-state index contributed by atoms with van der Waals surface area (Å²) in [6.07, 6.45) is -3.91. The highest BCUT2D eigenvalue weighted by atomic mass is 19.4. The van der Waals surface area contributed by atoms with Crippen LogP contribution < -0.4 is 4.90 Å². The van der Waals surface area contributed by atoms with E-state index in [1.807, 2.05) is 4.90 Å². The molecular formula is C26H31F4N3O3. The maximum atomic E-state index is 14.6. The zero-order valence-electron chi connectivity index (χ0n) is 20.6. The summed E-state index contributed by atoms with van der Waals surface area (Å²) in [4.78, 5) is 32.5. The number of hydrogen-bond acceptors (Lipinski definition) is 5. The third-order valence-corrected chi connectivity index (χ3v) is 6.82. The van der Waals surface area contributed by atoms with Gasteiger partial charge in [-0.2, -0.15) is 13.2 Å². The molecule has 4 rings (SSSR count). The van der Waals surface area contributed by atoms with Crippen LogP contribution in [0.3, 0.4) is 0 Å². The number of Topliss-reactive ketones (excluding diaryl/α,β-unsaturated/α-hetero) is 1. The van der Waals surface area contributed by atoms with Gasteiger partial charge in [-0.15, -0.1) is 0 Å². The lowest BCUT2D eigenvalue weighted by Gasteiger charge is -2.34. The first-order valence-corrected chi connectivity index (χ1v) is 12.2. The van der Waals surface area contributed by atoms with Crippen molar-refractivity contribution in [2.75, 3.05) is 31.1 Å². The van der Waals surface area contributed by atoms with Crippen LogP contribution in [0, 0.1) is 11.8 Å². The van der Waals surface area contributed by atoms with E-state index in [1.165, 1.54) is 17.2 Å². The first-order chi connectivity index (χ1) is 16.8. The number of benzene rings is 1. The van der Waals surface area contributed by atoms with Gasteiger partial charge in [0.25, 0.3) is 0 Å². The lowest BCUT2D eigenvalue weighted by Crippen LogP contribution is -2.37. The highest BCUT2D eigenvalue weighted by molar-refractivity contribution is 5.94. The summed E-state index contributed by atoms with van der Waals surface area (Å²) in [5, 5.41) is 0.422. The average Bonchev–Trinajstić information content (AvgIpc) is 3.17. The molecule has 2 atom stereocenters. The molecule has 0 bridgehead atoms. The molecule has 1 amide bonds. The van der Waals surface area contributed by atoms with E-state index < -0.39 is 35.5 Å². The molecule has 0 unspecified atom stereocenters. The van der Waals surface area contributed by atoms with E-state index >= 15 is 0 Å². The minimum absolute atomic E-state index is 0.0349. The van der Waals surface area contributed by atoms with Crippen molar-refractivity contribution in [1.29, 1.82) is 0 Å². The first-order valence-electron chi connectivity index (χ1n) is 12.2. The topological polar surface area (TPSA) is 62.7 Å². The summed E-state index contributed by atoms with van der Waals surface area (Å²) in [7, 11) is 0. The number of aromatic nitrogens is 1. The summed E-state index contributed by atoms with van der Waals surface area (Å²) in [6.45, 7) is 6.28. The summed E-state index contributed by atoms with van der Waals surface area (Å²) >= 11 is 0. The van der Waals surface area contributed by atoms with Gasteiger partial charge in [0, 0.05) is 55.2 Å². The second-order valence-electron chi connectivity index (χ2n) is 10.6. The molecule has 10 heteroatoms. The monoisotopic (exact) mass is 509 g/mol. The van der Waals surface area contributed by atoms with Gasteiger partial charge >= 0.3 is 12.3 Å². The van der Waals surface area contributed by atoms with Crippen LogP contribution in [0.15, 0.2) is 30.5 Å². The zero-order valence-corrected chi connectivity index (χ0v) is 20.6. The molecule has 2 aromatic rings. The van der Waals surface area contributed by atoms with Gasteiger partial charge in [-0.25, -0.2) is 9.18 Å². The fourth-order valence-electron chi connectivity index (χ4n) is 5.03. The summed E-state index contributed by atoms with van der Waals surface area (Å²) in [5.41, 5.74) is -0.890. The number of fused-ring (bicyclic) bond motifs is 1. The minimum Gasteiger partial charge on any atom is -0.444 e. The molecule has 2 fully saturated rings. The number of carbonyl (C=O) groups is 2. The Morgan fingerprint density at radius 3 is 2.42 bits per heavy atom. The lowest BCUT2D eigenvalue weighted by atomic mass is 9.86. The van der Waals surface area contributed by atoms with E-state index in [2.05, 4.69) is 4.98 Å². The Bertz CT molecular complexity index is 1120. The maximum absolute atomic E-state index is 14.6. The van der Waals surface area contributed by atoms with E-state index in [4.69, 9.17) is 4.74 Å². The van der Waals surface area contributed by atoms with Crippen molar-refractivity contribution < 1.29 is 31.9 Å². The van der Waals surface area contributed by atoms with Crippen LogP contribution in [0.2, 0.25) is 0 Å². The van der Waals surface area contributed by atoms with Crippen molar-refractivity contribution in [2.24, 2.45) is 11.8 Å². The SMILES string of the molecule is CC(C)(C)OC(=O)N1C[C@@H](CC(=O)C2CCN(c3ccc(C(F)(F)F)c4ncccc34)CC2)[C@@H](F)C1. The molecule has 0 spiro atoms. The number of alkyl halides is 4. The molecule has 0 saturated carbocycles. The predicted molar refractivity (Wildman–Crippen MR) is 127 cm³/mol. The Balaban J connectivity index is 1.37. The van der Waals surface area contributed by atoms with Crippen LogP contribution in [0.4, 0.5) is 28.0 Å². The van der Waals surface area contributed by atoms with Crippen LogP contribution in [0.25, 0.3) is 10.9 Å². The van der Waals surface area contributed by atoms with E-state index in [0.29, 0.717) is 37.0 Å². The summed E-state index contributed by atoms with van der Waals surface area (Å²) < 4.78 is 60.2. The second-order valence-corrected chi connectivity index (χ2v) is 10.6. The van der Waals surface area contributed by atoms with Crippen molar-refractivity contribution in [3.8, 4) is 0 Å². The molecule has 0 aliphatic carbocycles. The standard InChI is InChI=1S/C26H31F4N3O3/c1-25(2,3)36-24(35)33-14-17(20(27)15-33)13-22(34)16-8-11-32(12-9-16)21-7-6-19(26(28,29)30)23-18(21)5-4-10-31-23/h4-7,10,16-17,20H,8-9,11-15H2,1-3H3/t17-,20+/m1/s1. The van der Waals surface area contributed by atoms with Crippen molar-refractivity contribution in [1.82, 2.24) is 9.88 Å². The Hall–Kier alpha value is -2.91. The van der Waals surface area contributed by atoms with Gasteiger partial charge in [0.05, 0.1) is 17.6 Å². The highest BCUT2D eigenvalue weighted by Gasteiger charge is 2.40. The van der Waals surface area contributed by atoms with Crippen molar-refractivity contribution >= 4 is 28.5 Å². The van der Waals surface area contributed by atoms with Crippen molar-refractivity contribution in [3.63, 3.8) is 0 Å². The molecule has 36 heavy (non-hydrogen) atoms. The van der Waals surface area contributed by atoms with Crippen LogP contribution >= 0.6 is 0 Å². The Kier molecular flexibility index (Phi) is 7.16. The number of nitrogens with zero attached hydrogens (tertiary/aromatic N) is 3. The number of rotatable bonds is 4. The average molecular weight is 510 g/mol. The van der Waals surface area contributed by atoms with Gasteiger partial charge < -0.3 is 14.5 Å². The lowest BCUT2D eigenvalue weighted by molar-refractivity contribution is -0.136. The number of halogens is 4. The quantitative estimate of drug-likeness (QED) is 0.500. The Morgan fingerprint density at radius 2 is 1.78 bits per heavy atom. The third-order valence-electron chi connectivity index (χ3n) is 6.82. The van der Waals surface area contributed by atoms with Gasteiger partial charge in [0.15, 0.2) is 0 Å². The zero-order chi connectivity index (χ0) is 26.3. The molecule has 0 radical (unpaired) electrons. The molecule has 6 nitrogen and oxygen atoms in total. The summed E-state index contributed by atoms with van der Waals surface area (Å²) in [5.74, 6) is -0.844. The Labute approximate surface area is 207 Å². The highest BCUT2D eigenvalue weighted by Crippen LogP contribution is 2.38. The molecule has 3 heterocycles. The van der Waals surface area contributed by atoms with Crippen molar-refractivity contribution in [2.45, 2.75) is 58.0 Å². The van der Waals surface area contributed by atoms with Crippen molar-refractivity contribution in [3.05, 3.63) is 36.0 Å². The predicted octanol–water partition coefficient (Wildman–Crippen LogP) is 5.63. The van der Waals surface area contributed by atoms with Crippen LogP contribution in [-0.4, -0.2) is 59.7 Å². The van der Waals surface area contributed by atoms with E-state index in [1.54, 1.807) is 32.9 Å². The fourth-order valence-corrected chi connectivity index (χ4v) is 5.03. The largest absolute Gasteiger partial charge is 0.444 e. The number of pyridine rings is 1. The van der Waals surface area contributed by atoms with Crippen LogP contribution in [0.1, 0.15) is 45.6 Å². The maximum Gasteiger partial charge on any atom is 0.418 e. The minimum atomic E-state index is -4.50. The molecule has 1 aromatic heterocycles. The number of anilines is 1. The number of ether oxygens (including phenoxy) is 1. The number of likely N-dealkylation sites (tertiary alicyclic amines) is 1. The molecular weight excluding hydrogens is 478 g/mol. The number of carbonyl (C=O) groups excluding carboxylic acids is 2. The first kappa shape index (κ1) is 26.2. The van der Waals surface area contributed by atoms with Crippen LogP contribution in [-0.2, 0) is 15.7 Å². The smallest absolute Gasteiger partial charge is 0.418 e. The fraction of sp³-hybridized carbons (Fsp3) is 0.577. The third kappa shape index (κ3) is 5.73. The molecule has 1 aromatic carbocycles. The Morgan fingerprint density at radius 1 is 1.08 bits per heavy atom. The molecule has 2 aliphatic heterocycles. The van der Waals surface area contributed by atoms with Gasteiger partial charge in [-0.1, -0.05) is 0 Å². The molecule has 0 N–H and O–H groups in total. The van der Waals surface area contributed by atoms with Gasteiger partial charge in [0.2, 0.25) is 0 Å².